The molecule has 0 aliphatic carbocycles. The van der Waals surface area contributed by atoms with Crippen LogP contribution < -0.4 is 5.32 Å². The van der Waals surface area contributed by atoms with Crippen molar-refractivity contribution in [3.63, 3.8) is 0 Å². The molecule has 4 nitrogen and oxygen atoms in total. The Morgan fingerprint density at radius 1 is 1.12 bits per heavy atom. The fraction of sp³-hybridized carbons (Fsp3) is 0.263. The highest BCUT2D eigenvalue weighted by Gasteiger charge is 2.17. The van der Waals surface area contributed by atoms with Crippen LogP contribution in [0.1, 0.15) is 40.9 Å². The molecule has 1 N–H and O–H groups in total. The Kier molecular flexibility index (Phi) is 6.22. The summed E-state index contributed by atoms with van der Waals surface area (Å²) < 4.78 is 31.1. The van der Waals surface area contributed by atoms with Crippen LogP contribution in [0, 0.1) is 18.6 Å². The van der Waals surface area contributed by atoms with Gasteiger partial charge in [-0.2, -0.15) is 0 Å². The molecule has 2 rings (SSSR count). The van der Waals surface area contributed by atoms with E-state index in [0.29, 0.717) is 12.5 Å². The maximum Gasteiger partial charge on any atom is 0.341 e. The Balaban J connectivity index is 1.92. The summed E-state index contributed by atoms with van der Waals surface area (Å²) in [6.07, 6.45) is 0.662. The fourth-order valence-corrected chi connectivity index (χ4v) is 2.32. The van der Waals surface area contributed by atoms with Crippen LogP contribution in [-0.4, -0.2) is 18.5 Å². The highest BCUT2D eigenvalue weighted by Crippen LogP contribution is 2.17. The van der Waals surface area contributed by atoms with Gasteiger partial charge in [-0.05, 0) is 31.0 Å². The molecule has 0 radical (unpaired) electrons. The molecule has 0 aliphatic heterocycles. The lowest BCUT2D eigenvalue weighted by Crippen LogP contribution is -2.32. The Morgan fingerprint density at radius 2 is 1.80 bits per heavy atom. The van der Waals surface area contributed by atoms with Crippen LogP contribution in [0.15, 0.2) is 42.5 Å². The molecule has 0 spiro atoms. The SMILES string of the molecule is CC[C@H](NC(=O)COC(=O)c1ccc(F)cc1F)c1ccc(C)cc1. The molecule has 1 atom stereocenters. The highest BCUT2D eigenvalue weighted by molar-refractivity contribution is 5.91. The Labute approximate surface area is 144 Å². The van der Waals surface area contributed by atoms with E-state index in [0.717, 1.165) is 23.3 Å². The van der Waals surface area contributed by atoms with Gasteiger partial charge in [0.05, 0.1) is 11.6 Å². The first-order valence-electron chi connectivity index (χ1n) is 7.88. The summed E-state index contributed by atoms with van der Waals surface area (Å²) in [6.45, 7) is 3.35. The third-order valence-electron chi connectivity index (χ3n) is 3.71. The monoisotopic (exact) mass is 347 g/mol. The normalized spacial score (nSPS) is 11.7. The van der Waals surface area contributed by atoms with Gasteiger partial charge in [-0.15, -0.1) is 0 Å². The van der Waals surface area contributed by atoms with Crippen LogP contribution in [0.3, 0.4) is 0 Å². The summed E-state index contributed by atoms with van der Waals surface area (Å²) in [5.41, 5.74) is 1.64. The molecule has 0 bridgehead atoms. The lowest BCUT2D eigenvalue weighted by Gasteiger charge is -2.17. The summed E-state index contributed by atoms with van der Waals surface area (Å²) in [6, 6.07) is 10.0. The minimum Gasteiger partial charge on any atom is -0.452 e. The predicted octanol–water partition coefficient (Wildman–Crippen LogP) is 3.70. The van der Waals surface area contributed by atoms with Gasteiger partial charge in [-0.25, -0.2) is 13.6 Å². The van der Waals surface area contributed by atoms with Gasteiger partial charge in [0.25, 0.3) is 5.91 Å². The zero-order chi connectivity index (χ0) is 18.4. The number of nitrogens with one attached hydrogen (secondary N) is 1. The lowest BCUT2D eigenvalue weighted by molar-refractivity contribution is -0.125. The molecule has 0 aliphatic rings. The number of amides is 1. The Hall–Kier alpha value is -2.76. The molecular formula is C19H19F2NO3. The molecule has 0 aromatic heterocycles. The van der Waals surface area contributed by atoms with Gasteiger partial charge in [0.15, 0.2) is 6.61 Å². The highest BCUT2D eigenvalue weighted by atomic mass is 19.1. The number of halogens is 2. The van der Waals surface area contributed by atoms with E-state index < -0.39 is 35.7 Å². The number of carbonyl (C=O) groups excluding carboxylic acids is 2. The van der Waals surface area contributed by atoms with E-state index >= 15 is 0 Å². The van der Waals surface area contributed by atoms with E-state index in [1.165, 1.54) is 0 Å². The number of hydrogen-bond donors (Lipinski definition) is 1. The summed E-state index contributed by atoms with van der Waals surface area (Å²) in [5.74, 6) is -3.34. The molecule has 1 amide bonds. The van der Waals surface area contributed by atoms with Crippen molar-refractivity contribution in [2.24, 2.45) is 0 Å². The Bertz CT molecular complexity index is 760. The second-order valence-corrected chi connectivity index (χ2v) is 5.64. The van der Waals surface area contributed by atoms with Crippen LogP contribution >= 0.6 is 0 Å². The van der Waals surface area contributed by atoms with Crippen molar-refractivity contribution in [1.29, 1.82) is 0 Å². The molecule has 0 fully saturated rings. The molecular weight excluding hydrogens is 328 g/mol. The number of esters is 1. The van der Waals surface area contributed by atoms with Crippen LogP contribution in [0.5, 0.6) is 0 Å². The first kappa shape index (κ1) is 18.6. The third-order valence-corrected chi connectivity index (χ3v) is 3.71. The fourth-order valence-electron chi connectivity index (χ4n) is 2.32. The van der Waals surface area contributed by atoms with Crippen molar-refractivity contribution in [3.05, 3.63) is 70.8 Å². The second-order valence-electron chi connectivity index (χ2n) is 5.64. The van der Waals surface area contributed by atoms with Crippen molar-refractivity contribution in [1.82, 2.24) is 5.32 Å². The molecule has 2 aromatic rings. The largest absolute Gasteiger partial charge is 0.452 e. The van der Waals surface area contributed by atoms with E-state index in [1.54, 1.807) is 0 Å². The van der Waals surface area contributed by atoms with Crippen LogP contribution in [0.4, 0.5) is 8.78 Å². The van der Waals surface area contributed by atoms with Gasteiger partial charge in [-0.1, -0.05) is 36.8 Å². The topological polar surface area (TPSA) is 55.4 Å². The molecule has 25 heavy (non-hydrogen) atoms. The standard InChI is InChI=1S/C19H19F2NO3/c1-3-17(13-6-4-12(2)5-7-13)22-18(23)11-25-19(24)15-9-8-14(20)10-16(15)21/h4-10,17H,3,11H2,1-2H3,(H,22,23)/t17-/m0/s1. The molecule has 0 unspecified atom stereocenters. The number of hydrogen-bond acceptors (Lipinski definition) is 3. The molecule has 0 saturated carbocycles. The molecule has 0 saturated heterocycles. The van der Waals surface area contributed by atoms with Gasteiger partial charge >= 0.3 is 5.97 Å². The molecule has 132 valence electrons. The number of ether oxygens (including phenoxy) is 1. The molecule has 6 heteroatoms. The van der Waals surface area contributed by atoms with Crippen LogP contribution in [0.25, 0.3) is 0 Å². The van der Waals surface area contributed by atoms with Gasteiger partial charge in [-0.3, -0.25) is 4.79 Å². The van der Waals surface area contributed by atoms with Gasteiger partial charge in [0.1, 0.15) is 11.6 Å². The van der Waals surface area contributed by atoms with E-state index in [1.807, 2.05) is 38.1 Å². The first-order valence-corrected chi connectivity index (χ1v) is 7.88. The number of rotatable bonds is 6. The van der Waals surface area contributed by atoms with Gasteiger partial charge < -0.3 is 10.1 Å². The molecule has 2 aromatic carbocycles. The number of carbonyl (C=O) groups is 2. The minimum atomic E-state index is -1.03. The zero-order valence-corrected chi connectivity index (χ0v) is 14.0. The van der Waals surface area contributed by atoms with Crippen LogP contribution in [0.2, 0.25) is 0 Å². The van der Waals surface area contributed by atoms with Crippen LogP contribution in [-0.2, 0) is 9.53 Å². The second kappa shape index (κ2) is 8.37. The summed E-state index contributed by atoms with van der Waals surface area (Å²) in [4.78, 5) is 23.8. The van der Waals surface area contributed by atoms with Crippen molar-refractivity contribution >= 4 is 11.9 Å². The maximum atomic E-state index is 13.5. The summed E-state index contributed by atoms with van der Waals surface area (Å²) >= 11 is 0. The number of aryl methyl sites for hydroxylation is 1. The van der Waals surface area contributed by atoms with Crippen molar-refractivity contribution < 1.29 is 23.1 Å². The smallest absolute Gasteiger partial charge is 0.341 e. The molecule has 0 heterocycles. The van der Waals surface area contributed by atoms with E-state index in [2.05, 4.69) is 5.32 Å². The van der Waals surface area contributed by atoms with Gasteiger partial charge in [0, 0.05) is 6.07 Å². The van der Waals surface area contributed by atoms with E-state index in [-0.39, 0.29) is 6.04 Å². The lowest BCUT2D eigenvalue weighted by atomic mass is 10.0. The third kappa shape index (κ3) is 5.11. The van der Waals surface area contributed by atoms with Crippen molar-refractivity contribution in [2.45, 2.75) is 26.3 Å². The first-order chi connectivity index (χ1) is 11.9. The predicted molar refractivity (Wildman–Crippen MR) is 89.0 cm³/mol. The average molecular weight is 347 g/mol. The Morgan fingerprint density at radius 3 is 2.40 bits per heavy atom. The summed E-state index contributed by atoms with van der Waals surface area (Å²) in [5, 5.41) is 2.76. The quantitative estimate of drug-likeness (QED) is 0.811. The summed E-state index contributed by atoms with van der Waals surface area (Å²) in [7, 11) is 0. The van der Waals surface area contributed by atoms with Crippen molar-refractivity contribution in [2.75, 3.05) is 6.61 Å². The zero-order valence-electron chi connectivity index (χ0n) is 14.0. The van der Waals surface area contributed by atoms with Gasteiger partial charge in [0.2, 0.25) is 0 Å². The average Bonchev–Trinajstić information content (AvgIpc) is 2.58. The maximum absolute atomic E-state index is 13.5. The van der Waals surface area contributed by atoms with E-state index in [9.17, 15) is 18.4 Å². The van der Waals surface area contributed by atoms with Crippen molar-refractivity contribution in [3.8, 4) is 0 Å². The van der Waals surface area contributed by atoms with E-state index in [4.69, 9.17) is 4.74 Å². The minimum absolute atomic E-state index is 0.214. The number of benzene rings is 2.